The molecule has 2 aliphatic rings. The van der Waals surface area contributed by atoms with Crippen LogP contribution in [0.2, 0.25) is 0 Å². The summed E-state index contributed by atoms with van der Waals surface area (Å²) in [7, 11) is 2.05. The van der Waals surface area contributed by atoms with E-state index in [0.29, 0.717) is 37.7 Å². The number of anilines is 1. The molecule has 0 bridgehead atoms. The van der Waals surface area contributed by atoms with Crippen LogP contribution in [0.1, 0.15) is 31.7 Å². The molecule has 7 heteroatoms. The fourth-order valence-corrected chi connectivity index (χ4v) is 4.22. The third-order valence-electron chi connectivity index (χ3n) is 5.98. The Balaban J connectivity index is 1.49. The zero-order chi connectivity index (χ0) is 20.1. The van der Waals surface area contributed by atoms with E-state index in [4.69, 9.17) is 0 Å². The maximum atomic E-state index is 12.8. The minimum atomic E-state index is -0.0104. The topological polar surface area (TPSA) is 79.7 Å². The van der Waals surface area contributed by atoms with E-state index < -0.39 is 0 Å². The lowest BCUT2D eigenvalue weighted by atomic mass is 10.1. The van der Waals surface area contributed by atoms with E-state index in [-0.39, 0.29) is 17.9 Å². The van der Waals surface area contributed by atoms with E-state index in [2.05, 4.69) is 21.2 Å². The standard InChI is InChI=1S/C21H29N5O2/c1-16(27)23-15-19-8-7-18(24(19)2)13-21(28)26-11-9-25(10-12-26)20-6-4-3-5-17(20)14-22/h3-6,18-19H,7-13,15H2,1-2H3,(H,23,27)/t18-,19+/m0/s1. The number of carbonyl (C=O) groups is 2. The van der Waals surface area contributed by atoms with E-state index in [9.17, 15) is 14.9 Å². The summed E-state index contributed by atoms with van der Waals surface area (Å²) < 4.78 is 0. The van der Waals surface area contributed by atoms with E-state index in [1.165, 1.54) is 6.92 Å². The van der Waals surface area contributed by atoms with Crippen molar-refractivity contribution < 1.29 is 9.59 Å². The Morgan fingerprint density at radius 1 is 1.14 bits per heavy atom. The Kier molecular flexibility index (Phi) is 6.53. The molecule has 2 amide bonds. The van der Waals surface area contributed by atoms with Gasteiger partial charge in [0, 0.05) is 58.2 Å². The number of benzene rings is 1. The van der Waals surface area contributed by atoms with Crippen LogP contribution in [0.5, 0.6) is 0 Å². The van der Waals surface area contributed by atoms with Crippen molar-refractivity contribution in [2.75, 3.05) is 44.7 Å². The van der Waals surface area contributed by atoms with Gasteiger partial charge < -0.3 is 15.1 Å². The molecule has 2 aliphatic heterocycles. The predicted molar refractivity (Wildman–Crippen MR) is 108 cm³/mol. The largest absolute Gasteiger partial charge is 0.367 e. The van der Waals surface area contributed by atoms with Crippen LogP contribution in [0.25, 0.3) is 0 Å². The molecule has 2 atom stereocenters. The Morgan fingerprint density at radius 3 is 2.50 bits per heavy atom. The highest BCUT2D eigenvalue weighted by molar-refractivity contribution is 5.77. The van der Waals surface area contributed by atoms with E-state index >= 15 is 0 Å². The molecule has 0 aromatic heterocycles. The number of carbonyl (C=O) groups excluding carboxylic acids is 2. The summed E-state index contributed by atoms with van der Waals surface area (Å²) in [6.07, 6.45) is 2.53. The fourth-order valence-electron chi connectivity index (χ4n) is 4.22. The van der Waals surface area contributed by atoms with Crippen LogP contribution in [-0.4, -0.2) is 73.5 Å². The Bertz CT molecular complexity index is 751. The molecule has 3 rings (SSSR count). The number of nitriles is 1. The summed E-state index contributed by atoms with van der Waals surface area (Å²) in [6.45, 7) is 5.04. The third kappa shape index (κ3) is 4.63. The summed E-state index contributed by atoms with van der Waals surface area (Å²) in [5, 5.41) is 12.2. The quantitative estimate of drug-likeness (QED) is 0.826. The SMILES string of the molecule is CC(=O)NC[C@H]1CC[C@@H](CC(=O)N2CCN(c3ccccc3C#N)CC2)N1C. The molecule has 0 radical (unpaired) electrons. The number of nitrogens with one attached hydrogen (secondary N) is 1. The van der Waals surface area contributed by atoms with Gasteiger partial charge in [0.1, 0.15) is 6.07 Å². The van der Waals surface area contributed by atoms with Gasteiger partial charge in [-0.15, -0.1) is 0 Å². The highest BCUT2D eigenvalue weighted by atomic mass is 16.2. The Morgan fingerprint density at radius 2 is 1.82 bits per heavy atom. The number of hydrogen-bond acceptors (Lipinski definition) is 5. The number of likely N-dealkylation sites (N-methyl/N-ethyl adjacent to an activating group) is 1. The molecule has 2 heterocycles. The van der Waals surface area contributed by atoms with Crippen LogP contribution in [-0.2, 0) is 9.59 Å². The van der Waals surface area contributed by atoms with Crippen molar-refractivity contribution in [2.45, 2.75) is 38.3 Å². The second-order valence-corrected chi connectivity index (χ2v) is 7.69. The number of amides is 2. The molecule has 7 nitrogen and oxygen atoms in total. The van der Waals surface area contributed by atoms with Gasteiger partial charge in [-0.1, -0.05) is 12.1 Å². The van der Waals surface area contributed by atoms with Crippen LogP contribution in [0.15, 0.2) is 24.3 Å². The molecular weight excluding hydrogens is 354 g/mol. The van der Waals surface area contributed by atoms with Crippen molar-refractivity contribution in [3.63, 3.8) is 0 Å². The molecular formula is C21H29N5O2. The molecule has 2 saturated heterocycles. The zero-order valence-electron chi connectivity index (χ0n) is 16.7. The minimum Gasteiger partial charge on any atom is -0.367 e. The molecule has 1 aromatic carbocycles. The summed E-state index contributed by atoms with van der Waals surface area (Å²) in [5.41, 5.74) is 1.63. The van der Waals surface area contributed by atoms with Gasteiger partial charge in [-0.05, 0) is 32.0 Å². The number of para-hydroxylation sites is 1. The van der Waals surface area contributed by atoms with Gasteiger partial charge in [0.25, 0.3) is 0 Å². The predicted octanol–water partition coefficient (Wildman–Crippen LogP) is 1.20. The summed E-state index contributed by atoms with van der Waals surface area (Å²) in [6, 6.07) is 10.4. The van der Waals surface area contributed by atoms with Crippen molar-refractivity contribution in [3.05, 3.63) is 29.8 Å². The number of nitrogens with zero attached hydrogens (tertiary/aromatic N) is 4. The second kappa shape index (κ2) is 9.07. The lowest BCUT2D eigenvalue weighted by Crippen LogP contribution is -2.50. The molecule has 150 valence electrons. The molecule has 2 fully saturated rings. The van der Waals surface area contributed by atoms with Gasteiger partial charge in [-0.2, -0.15) is 5.26 Å². The molecule has 0 unspecified atom stereocenters. The lowest BCUT2D eigenvalue weighted by Gasteiger charge is -2.37. The maximum Gasteiger partial charge on any atom is 0.224 e. The monoisotopic (exact) mass is 383 g/mol. The Labute approximate surface area is 166 Å². The molecule has 0 saturated carbocycles. The van der Waals surface area contributed by atoms with E-state index in [1.54, 1.807) is 0 Å². The lowest BCUT2D eigenvalue weighted by molar-refractivity contribution is -0.132. The smallest absolute Gasteiger partial charge is 0.224 e. The normalized spacial score (nSPS) is 22.8. The Hall–Kier alpha value is -2.59. The first kappa shape index (κ1) is 20.2. The molecule has 0 aliphatic carbocycles. The number of rotatable bonds is 5. The average molecular weight is 383 g/mol. The third-order valence-corrected chi connectivity index (χ3v) is 5.98. The molecule has 1 aromatic rings. The second-order valence-electron chi connectivity index (χ2n) is 7.69. The van der Waals surface area contributed by atoms with Crippen LogP contribution in [0, 0.1) is 11.3 Å². The van der Waals surface area contributed by atoms with E-state index in [0.717, 1.165) is 31.6 Å². The molecule has 1 N–H and O–H groups in total. The van der Waals surface area contributed by atoms with Gasteiger partial charge >= 0.3 is 0 Å². The first-order valence-electron chi connectivity index (χ1n) is 9.98. The average Bonchev–Trinajstić information content (AvgIpc) is 3.06. The zero-order valence-corrected chi connectivity index (χ0v) is 16.7. The number of likely N-dealkylation sites (tertiary alicyclic amines) is 1. The molecule has 28 heavy (non-hydrogen) atoms. The highest BCUT2D eigenvalue weighted by Crippen LogP contribution is 2.26. The van der Waals surface area contributed by atoms with Crippen LogP contribution >= 0.6 is 0 Å². The van der Waals surface area contributed by atoms with Crippen LogP contribution in [0.4, 0.5) is 5.69 Å². The van der Waals surface area contributed by atoms with Gasteiger partial charge in [0.05, 0.1) is 11.3 Å². The van der Waals surface area contributed by atoms with Crippen molar-refractivity contribution in [1.82, 2.24) is 15.1 Å². The van der Waals surface area contributed by atoms with Crippen molar-refractivity contribution in [2.24, 2.45) is 0 Å². The van der Waals surface area contributed by atoms with Gasteiger partial charge in [-0.3, -0.25) is 14.5 Å². The van der Waals surface area contributed by atoms with Gasteiger partial charge in [0.15, 0.2) is 0 Å². The van der Waals surface area contributed by atoms with Gasteiger partial charge in [0.2, 0.25) is 11.8 Å². The van der Waals surface area contributed by atoms with Crippen molar-refractivity contribution in [3.8, 4) is 6.07 Å². The van der Waals surface area contributed by atoms with Crippen LogP contribution < -0.4 is 10.2 Å². The summed E-state index contributed by atoms with van der Waals surface area (Å²) in [4.78, 5) is 30.3. The minimum absolute atomic E-state index is 0.0104. The fraction of sp³-hybridized carbons (Fsp3) is 0.571. The summed E-state index contributed by atoms with van der Waals surface area (Å²) >= 11 is 0. The first-order valence-corrected chi connectivity index (χ1v) is 9.98. The maximum absolute atomic E-state index is 12.8. The molecule has 0 spiro atoms. The highest BCUT2D eigenvalue weighted by Gasteiger charge is 2.33. The number of hydrogen-bond donors (Lipinski definition) is 1. The number of piperazine rings is 1. The first-order chi connectivity index (χ1) is 13.5. The van der Waals surface area contributed by atoms with Gasteiger partial charge in [-0.25, -0.2) is 0 Å². The van der Waals surface area contributed by atoms with E-state index in [1.807, 2.05) is 36.2 Å². The van der Waals surface area contributed by atoms with Crippen LogP contribution in [0.3, 0.4) is 0 Å². The summed E-state index contributed by atoms with van der Waals surface area (Å²) in [5.74, 6) is 0.189. The van der Waals surface area contributed by atoms with Crippen molar-refractivity contribution in [1.29, 1.82) is 5.26 Å². The van der Waals surface area contributed by atoms with Crippen molar-refractivity contribution >= 4 is 17.5 Å².